The summed E-state index contributed by atoms with van der Waals surface area (Å²) < 4.78 is 13.4. The molecule has 0 aliphatic rings. The van der Waals surface area contributed by atoms with Crippen LogP contribution in [0, 0.1) is 12.7 Å². The van der Waals surface area contributed by atoms with E-state index in [0.717, 1.165) is 0 Å². The van der Waals surface area contributed by atoms with E-state index in [2.05, 4.69) is 5.32 Å². The van der Waals surface area contributed by atoms with Crippen molar-refractivity contribution in [2.75, 3.05) is 11.1 Å². The van der Waals surface area contributed by atoms with Crippen molar-refractivity contribution in [3.63, 3.8) is 0 Å². The predicted molar refractivity (Wildman–Crippen MR) is 75.3 cm³/mol. The molecular weight excluding hydrogens is 274 g/mol. The summed E-state index contributed by atoms with van der Waals surface area (Å²) in [5.74, 6) is -0.279. The summed E-state index contributed by atoms with van der Waals surface area (Å²) in [6.45, 7) is 1.70. The molecule has 18 heavy (non-hydrogen) atoms. The minimum Gasteiger partial charge on any atom is -0.397 e. The highest BCUT2D eigenvalue weighted by Gasteiger charge is 2.06. The highest BCUT2D eigenvalue weighted by atomic mass is 35.5. The second-order valence-corrected chi connectivity index (χ2v) is 4.76. The average Bonchev–Trinajstić information content (AvgIpc) is 2.31. The summed E-state index contributed by atoms with van der Waals surface area (Å²) in [6.07, 6.45) is 0. The third kappa shape index (κ3) is 2.68. The van der Waals surface area contributed by atoms with Gasteiger partial charge in [0.1, 0.15) is 5.82 Å². The van der Waals surface area contributed by atoms with Crippen molar-refractivity contribution < 1.29 is 4.39 Å². The van der Waals surface area contributed by atoms with Gasteiger partial charge in [0.25, 0.3) is 0 Å². The molecule has 0 heterocycles. The number of nitrogen functional groups attached to an aromatic ring is 1. The quantitative estimate of drug-likeness (QED) is 0.780. The third-order valence-electron chi connectivity index (χ3n) is 2.54. The van der Waals surface area contributed by atoms with Crippen LogP contribution < -0.4 is 11.1 Å². The van der Waals surface area contributed by atoms with E-state index in [0.29, 0.717) is 32.7 Å². The van der Waals surface area contributed by atoms with Crippen LogP contribution in [0.15, 0.2) is 30.3 Å². The Morgan fingerprint density at radius 3 is 2.44 bits per heavy atom. The Bertz CT molecular complexity index is 600. The lowest BCUT2D eigenvalue weighted by Crippen LogP contribution is -1.97. The Morgan fingerprint density at radius 1 is 1.11 bits per heavy atom. The van der Waals surface area contributed by atoms with Gasteiger partial charge in [-0.2, -0.15) is 0 Å². The van der Waals surface area contributed by atoms with Crippen LogP contribution in [0.25, 0.3) is 0 Å². The maximum atomic E-state index is 13.4. The van der Waals surface area contributed by atoms with E-state index >= 15 is 0 Å². The highest BCUT2D eigenvalue weighted by Crippen LogP contribution is 2.32. The van der Waals surface area contributed by atoms with Crippen LogP contribution >= 0.6 is 23.2 Å². The first-order valence-electron chi connectivity index (χ1n) is 5.25. The lowest BCUT2D eigenvalue weighted by Gasteiger charge is -2.11. The van der Waals surface area contributed by atoms with Crippen LogP contribution in [0.4, 0.5) is 21.5 Å². The molecule has 2 nitrogen and oxygen atoms in total. The zero-order valence-corrected chi connectivity index (χ0v) is 11.1. The zero-order valence-electron chi connectivity index (χ0n) is 9.60. The molecule has 0 unspecified atom stereocenters. The normalized spacial score (nSPS) is 10.4. The maximum Gasteiger partial charge on any atom is 0.128 e. The molecule has 94 valence electrons. The number of anilines is 3. The van der Waals surface area contributed by atoms with Gasteiger partial charge in [-0.3, -0.25) is 0 Å². The molecule has 0 radical (unpaired) electrons. The minimum absolute atomic E-state index is 0.279. The lowest BCUT2D eigenvalue weighted by molar-refractivity contribution is 0.619. The number of hydrogen-bond acceptors (Lipinski definition) is 2. The molecule has 0 spiro atoms. The van der Waals surface area contributed by atoms with Gasteiger partial charge in [0, 0.05) is 5.69 Å². The van der Waals surface area contributed by atoms with Crippen LogP contribution in [0.5, 0.6) is 0 Å². The molecule has 2 aromatic rings. The SMILES string of the molecule is Cc1ccc(Nc2cc(Cl)c(Cl)cc2N)cc1F. The molecule has 0 saturated heterocycles. The fourth-order valence-corrected chi connectivity index (χ4v) is 1.83. The summed E-state index contributed by atoms with van der Waals surface area (Å²) in [6, 6.07) is 8.01. The highest BCUT2D eigenvalue weighted by molar-refractivity contribution is 6.42. The Morgan fingerprint density at radius 2 is 1.78 bits per heavy atom. The van der Waals surface area contributed by atoms with Crippen molar-refractivity contribution in [2.45, 2.75) is 6.92 Å². The summed E-state index contributed by atoms with van der Waals surface area (Å²) in [4.78, 5) is 0. The van der Waals surface area contributed by atoms with E-state index in [9.17, 15) is 4.39 Å². The molecule has 0 amide bonds. The molecule has 0 aliphatic carbocycles. The minimum atomic E-state index is -0.279. The number of aryl methyl sites for hydroxylation is 1. The number of nitrogens with two attached hydrogens (primary N) is 1. The number of halogens is 3. The first-order chi connectivity index (χ1) is 8.47. The van der Waals surface area contributed by atoms with Gasteiger partial charge in [0.2, 0.25) is 0 Å². The lowest BCUT2D eigenvalue weighted by atomic mass is 10.2. The van der Waals surface area contributed by atoms with Crippen molar-refractivity contribution in [1.29, 1.82) is 0 Å². The average molecular weight is 285 g/mol. The smallest absolute Gasteiger partial charge is 0.128 e. The van der Waals surface area contributed by atoms with Gasteiger partial charge in [0.05, 0.1) is 21.4 Å². The first-order valence-corrected chi connectivity index (χ1v) is 6.00. The Labute approximate surface area is 115 Å². The molecule has 0 atom stereocenters. The second-order valence-electron chi connectivity index (χ2n) is 3.94. The van der Waals surface area contributed by atoms with E-state index in [1.165, 1.54) is 6.07 Å². The van der Waals surface area contributed by atoms with E-state index < -0.39 is 0 Å². The number of nitrogens with one attached hydrogen (secondary N) is 1. The molecule has 0 saturated carbocycles. The Balaban J connectivity index is 2.34. The van der Waals surface area contributed by atoms with E-state index in [1.54, 1.807) is 31.2 Å². The summed E-state index contributed by atoms with van der Waals surface area (Å²) in [5.41, 5.74) is 8.03. The van der Waals surface area contributed by atoms with Gasteiger partial charge >= 0.3 is 0 Å². The molecule has 2 aromatic carbocycles. The predicted octanol–water partition coefficient (Wildman–Crippen LogP) is 4.77. The fraction of sp³-hybridized carbons (Fsp3) is 0.0769. The van der Waals surface area contributed by atoms with Gasteiger partial charge in [-0.15, -0.1) is 0 Å². The summed E-state index contributed by atoms with van der Waals surface area (Å²) in [5, 5.41) is 3.77. The van der Waals surface area contributed by atoms with Crippen LogP contribution in [-0.4, -0.2) is 0 Å². The molecule has 0 fully saturated rings. The third-order valence-corrected chi connectivity index (χ3v) is 3.27. The van der Waals surface area contributed by atoms with Crippen LogP contribution in [0.2, 0.25) is 10.0 Å². The fourth-order valence-electron chi connectivity index (χ4n) is 1.50. The van der Waals surface area contributed by atoms with Crippen molar-refractivity contribution in [3.05, 3.63) is 51.8 Å². The van der Waals surface area contributed by atoms with E-state index in [1.807, 2.05) is 0 Å². The van der Waals surface area contributed by atoms with Crippen molar-refractivity contribution in [2.24, 2.45) is 0 Å². The van der Waals surface area contributed by atoms with Gasteiger partial charge in [-0.05, 0) is 36.8 Å². The van der Waals surface area contributed by atoms with E-state index in [-0.39, 0.29) is 5.82 Å². The Kier molecular flexibility index (Phi) is 3.64. The Hall–Kier alpha value is -1.45. The molecule has 0 bridgehead atoms. The second kappa shape index (κ2) is 5.04. The molecule has 0 aromatic heterocycles. The van der Waals surface area contributed by atoms with E-state index in [4.69, 9.17) is 28.9 Å². The summed E-state index contributed by atoms with van der Waals surface area (Å²) >= 11 is 11.7. The van der Waals surface area contributed by atoms with Crippen LogP contribution in [0.1, 0.15) is 5.56 Å². The van der Waals surface area contributed by atoms with Gasteiger partial charge in [-0.25, -0.2) is 4.39 Å². The van der Waals surface area contributed by atoms with Crippen molar-refractivity contribution in [1.82, 2.24) is 0 Å². The number of hydrogen-bond donors (Lipinski definition) is 2. The molecule has 2 rings (SSSR count). The van der Waals surface area contributed by atoms with Gasteiger partial charge in [0.15, 0.2) is 0 Å². The molecule has 0 aliphatic heterocycles. The van der Waals surface area contributed by atoms with Crippen LogP contribution in [0.3, 0.4) is 0 Å². The summed E-state index contributed by atoms with van der Waals surface area (Å²) in [7, 11) is 0. The van der Waals surface area contributed by atoms with Crippen molar-refractivity contribution >= 4 is 40.3 Å². The molecular formula is C13H11Cl2FN2. The van der Waals surface area contributed by atoms with Crippen LogP contribution in [-0.2, 0) is 0 Å². The number of rotatable bonds is 2. The first kappa shape index (κ1) is 13.0. The number of benzene rings is 2. The molecule has 3 N–H and O–H groups in total. The zero-order chi connectivity index (χ0) is 13.3. The topological polar surface area (TPSA) is 38.0 Å². The van der Waals surface area contributed by atoms with Gasteiger partial charge in [-0.1, -0.05) is 29.3 Å². The van der Waals surface area contributed by atoms with Crippen molar-refractivity contribution in [3.8, 4) is 0 Å². The van der Waals surface area contributed by atoms with Gasteiger partial charge < -0.3 is 11.1 Å². The maximum absolute atomic E-state index is 13.4. The monoisotopic (exact) mass is 284 g/mol. The largest absolute Gasteiger partial charge is 0.397 e. The molecule has 5 heteroatoms. The standard InChI is InChI=1S/C13H11Cl2FN2/c1-7-2-3-8(4-11(7)16)18-13-6-10(15)9(14)5-12(13)17/h2-6,18H,17H2,1H3.